The molecule has 0 saturated carbocycles. The van der Waals surface area contributed by atoms with Gasteiger partial charge in [-0.15, -0.1) is 24.0 Å². The smallest absolute Gasteiger partial charge is 0.422 e. The third kappa shape index (κ3) is 8.81. The number of rotatable bonds is 8. The highest BCUT2D eigenvalue weighted by Crippen LogP contribution is 2.20. The number of nitrogens with zero attached hydrogens (tertiary/aromatic N) is 3. The SMILES string of the molecule is CN=C(NCc1ccc(CN2CCCC2)cc1)NCc1cccnc1OCC(F)(F)F.I. The van der Waals surface area contributed by atoms with E-state index in [9.17, 15) is 13.2 Å². The van der Waals surface area contributed by atoms with Crippen LogP contribution in [0.3, 0.4) is 0 Å². The summed E-state index contributed by atoms with van der Waals surface area (Å²) in [7, 11) is 1.64. The van der Waals surface area contributed by atoms with Crippen molar-refractivity contribution in [1.29, 1.82) is 0 Å². The van der Waals surface area contributed by atoms with Crippen LogP contribution < -0.4 is 15.4 Å². The molecule has 1 aliphatic rings. The first-order valence-electron chi connectivity index (χ1n) is 10.3. The second-order valence-corrected chi connectivity index (χ2v) is 7.45. The predicted octanol–water partition coefficient (Wildman–Crippen LogP) is 4.10. The van der Waals surface area contributed by atoms with E-state index in [0.717, 1.165) is 12.1 Å². The summed E-state index contributed by atoms with van der Waals surface area (Å²) in [5, 5.41) is 6.30. The molecule has 2 aromatic rings. The Kier molecular flexibility index (Phi) is 10.5. The maximum atomic E-state index is 12.4. The molecule has 0 amide bonds. The first-order valence-corrected chi connectivity index (χ1v) is 10.3. The minimum atomic E-state index is -4.41. The van der Waals surface area contributed by atoms with E-state index in [4.69, 9.17) is 4.74 Å². The Bertz CT molecular complexity index is 855. The second kappa shape index (κ2) is 12.8. The molecule has 0 unspecified atom stereocenters. The Morgan fingerprint density at radius 3 is 2.38 bits per heavy atom. The van der Waals surface area contributed by atoms with Crippen molar-refractivity contribution < 1.29 is 17.9 Å². The van der Waals surface area contributed by atoms with Crippen molar-refractivity contribution >= 4 is 29.9 Å². The molecule has 10 heteroatoms. The van der Waals surface area contributed by atoms with Crippen LogP contribution in [0.1, 0.15) is 29.5 Å². The van der Waals surface area contributed by atoms with Gasteiger partial charge < -0.3 is 15.4 Å². The van der Waals surface area contributed by atoms with Gasteiger partial charge in [0.25, 0.3) is 0 Å². The fourth-order valence-electron chi connectivity index (χ4n) is 3.39. The fraction of sp³-hybridized carbons (Fsp3) is 0.455. The normalized spacial score (nSPS) is 14.7. The van der Waals surface area contributed by atoms with Crippen LogP contribution in [-0.2, 0) is 19.6 Å². The van der Waals surface area contributed by atoms with Gasteiger partial charge in [-0.2, -0.15) is 13.2 Å². The highest BCUT2D eigenvalue weighted by atomic mass is 127. The van der Waals surface area contributed by atoms with E-state index >= 15 is 0 Å². The maximum Gasteiger partial charge on any atom is 0.422 e. The lowest BCUT2D eigenvalue weighted by Crippen LogP contribution is -2.36. The Balaban J connectivity index is 0.00000363. The first kappa shape index (κ1) is 26.2. The van der Waals surface area contributed by atoms with Gasteiger partial charge in [0, 0.05) is 38.4 Å². The molecule has 0 aliphatic carbocycles. The number of aliphatic imine (C=N–C) groups is 1. The molecule has 6 nitrogen and oxygen atoms in total. The van der Waals surface area contributed by atoms with Crippen LogP contribution in [-0.4, -0.2) is 48.8 Å². The fourth-order valence-corrected chi connectivity index (χ4v) is 3.39. The van der Waals surface area contributed by atoms with Crippen LogP contribution in [0.15, 0.2) is 47.6 Å². The van der Waals surface area contributed by atoms with Gasteiger partial charge in [0.1, 0.15) is 0 Å². The zero-order valence-corrected chi connectivity index (χ0v) is 20.3. The number of alkyl halides is 3. The number of benzene rings is 1. The highest BCUT2D eigenvalue weighted by Gasteiger charge is 2.29. The monoisotopic (exact) mass is 563 g/mol. The summed E-state index contributed by atoms with van der Waals surface area (Å²) in [6.45, 7) is 2.76. The molecule has 1 aliphatic heterocycles. The van der Waals surface area contributed by atoms with Gasteiger partial charge in [0.05, 0.1) is 0 Å². The third-order valence-corrected chi connectivity index (χ3v) is 4.98. The van der Waals surface area contributed by atoms with Crippen molar-refractivity contribution in [2.24, 2.45) is 4.99 Å². The Hall–Kier alpha value is -2.08. The number of nitrogens with one attached hydrogen (secondary N) is 2. The average molecular weight is 563 g/mol. The summed E-state index contributed by atoms with van der Waals surface area (Å²) in [6.07, 6.45) is -0.453. The van der Waals surface area contributed by atoms with E-state index in [2.05, 4.69) is 49.8 Å². The quantitative estimate of drug-likeness (QED) is 0.288. The summed E-state index contributed by atoms with van der Waals surface area (Å²) in [5.41, 5.74) is 2.93. The minimum Gasteiger partial charge on any atom is -0.468 e. The standard InChI is InChI=1S/C22H28F3N5O.HI/c1-26-21(29-14-19-5-4-10-27-20(19)31-16-22(23,24)25)28-13-17-6-8-18(9-7-17)15-30-11-2-3-12-30;/h4-10H,2-3,11-16H2,1H3,(H2,26,28,29);1H. The van der Waals surface area contributed by atoms with Gasteiger partial charge in [-0.05, 0) is 43.1 Å². The number of pyridine rings is 1. The lowest BCUT2D eigenvalue weighted by Gasteiger charge is -2.16. The topological polar surface area (TPSA) is 61.8 Å². The molecule has 2 N–H and O–H groups in total. The number of likely N-dealkylation sites (tertiary alicyclic amines) is 1. The van der Waals surface area contributed by atoms with Gasteiger partial charge in [-0.3, -0.25) is 9.89 Å². The van der Waals surface area contributed by atoms with Crippen LogP contribution in [0.2, 0.25) is 0 Å². The molecule has 0 atom stereocenters. The number of hydrogen-bond donors (Lipinski definition) is 2. The van der Waals surface area contributed by atoms with Gasteiger partial charge in [-0.25, -0.2) is 4.98 Å². The molecule has 0 spiro atoms. The highest BCUT2D eigenvalue weighted by molar-refractivity contribution is 14.0. The molecular formula is C22H29F3IN5O. The van der Waals surface area contributed by atoms with Crippen LogP contribution in [0.25, 0.3) is 0 Å². The van der Waals surface area contributed by atoms with Crippen molar-refractivity contribution in [1.82, 2.24) is 20.5 Å². The van der Waals surface area contributed by atoms with E-state index < -0.39 is 12.8 Å². The van der Waals surface area contributed by atoms with E-state index in [1.807, 2.05) is 0 Å². The number of aromatic nitrogens is 1. The van der Waals surface area contributed by atoms with Crippen LogP contribution in [0, 0.1) is 0 Å². The van der Waals surface area contributed by atoms with Gasteiger partial charge in [0.15, 0.2) is 12.6 Å². The Morgan fingerprint density at radius 2 is 1.72 bits per heavy atom. The van der Waals surface area contributed by atoms with Crippen molar-refractivity contribution in [3.8, 4) is 5.88 Å². The van der Waals surface area contributed by atoms with Crippen LogP contribution in [0.4, 0.5) is 13.2 Å². The molecule has 1 aromatic heterocycles. The first-order chi connectivity index (χ1) is 14.9. The summed E-state index contributed by atoms with van der Waals surface area (Å²) in [6, 6.07) is 11.8. The number of guanidine groups is 1. The predicted molar refractivity (Wildman–Crippen MR) is 129 cm³/mol. The molecule has 1 saturated heterocycles. The van der Waals surface area contributed by atoms with Crippen molar-refractivity contribution in [2.45, 2.75) is 38.7 Å². The minimum absolute atomic E-state index is 0. The van der Waals surface area contributed by atoms with E-state index in [0.29, 0.717) is 18.1 Å². The lowest BCUT2D eigenvalue weighted by molar-refractivity contribution is -0.154. The Morgan fingerprint density at radius 1 is 1.06 bits per heavy atom. The molecule has 32 heavy (non-hydrogen) atoms. The lowest BCUT2D eigenvalue weighted by atomic mass is 10.1. The Labute approximate surface area is 203 Å². The zero-order chi connectivity index (χ0) is 22.1. The summed E-state index contributed by atoms with van der Waals surface area (Å²) in [4.78, 5) is 10.5. The average Bonchev–Trinajstić information content (AvgIpc) is 3.26. The van der Waals surface area contributed by atoms with E-state index in [1.165, 1.54) is 37.7 Å². The molecule has 0 radical (unpaired) electrons. The summed E-state index contributed by atoms with van der Waals surface area (Å²) < 4.78 is 42.1. The van der Waals surface area contributed by atoms with Crippen LogP contribution in [0.5, 0.6) is 5.88 Å². The van der Waals surface area contributed by atoms with E-state index in [-0.39, 0.29) is 36.4 Å². The molecule has 176 valence electrons. The molecule has 0 bridgehead atoms. The van der Waals surface area contributed by atoms with Gasteiger partial charge in [0.2, 0.25) is 5.88 Å². The summed E-state index contributed by atoms with van der Waals surface area (Å²) >= 11 is 0. The van der Waals surface area contributed by atoms with Crippen LogP contribution >= 0.6 is 24.0 Å². The van der Waals surface area contributed by atoms with Crippen molar-refractivity contribution in [3.63, 3.8) is 0 Å². The van der Waals surface area contributed by atoms with Crippen molar-refractivity contribution in [3.05, 3.63) is 59.3 Å². The molecular weight excluding hydrogens is 534 g/mol. The van der Waals surface area contributed by atoms with Gasteiger partial charge >= 0.3 is 6.18 Å². The zero-order valence-electron chi connectivity index (χ0n) is 18.0. The largest absolute Gasteiger partial charge is 0.468 e. The number of hydrogen-bond acceptors (Lipinski definition) is 4. The molecule has 1 aromatic carbocycles. The number of ether oxygens (including phenoxy) is 1. The molecule has 3 rings (SSSR count). The molecule has 2 heterocycles. The number of halogens is 4. The second-order valence-electron chi connectivity index (χ2n) is 7.45. The van der Waals surface area contributed by atoms with E-state index in [1.54, 1.807) is 19.2 Å². The maximum absolute atomic E-state index is 12.4. The van der Waals surface area contributed by atoms with Gasteiger partial charge in [-0.1, -0.05) is 30.3 Å². The summed E-state index contributed by atoms with van der Waals surface area (Å²) in [5.74, 6) is 0.489. The third-order valence-electron chi connectivity index (χ3n) is 4.98. The molecule has 1 fully saturated rings. The van der Waals surface area contributed by atoms with Crippen molar-refractivity contribution in [2.75, 3.05) is 26.7 Å².